The lowest BCUT2D eigenvalue weighted by Crippen LogP contribution is -2.17. The molecule has 0 spiro atoms. The Morgan fingerprint density at radius 1 is 1.41 bits per heavy atom. The Hall–Kier alpha value is -1.69. The fourth-order valence-corrected chi connectivity index (χ4v) is 1.20. The van der Waals surface area contributed by atoms with Gasteiger partial charge in [-0.05, 0) is 25.2 Å². The number of hydrogen-bond acceptors (Lipinski definition) is 3. The van der Waals surface area contributed by atoms with Crippen LogP contribution in [0.4, 0.5) is 18.9 Å². The number of ether oxygens (including phenoxy) is 1. The van der Waals surface area contributed by atoms with E-state index in [9.17, 15) is 13.2 Å². The van der Waals surface area contributed by atoms with Crippen LogP contribution in [-0.4, -0.2) is 20.0 Å². The fourth-order valence-electron chi connectivity index (χ4n) is 1.20. The minimum absolute atomic E-state index is 0.282. The summed E-state index contributed by atoms with van der Waals surface area (Å²) in [4.78, 5) is 0. The number of nitrogens with two attached hydrogens (primary N) is 1. The number of rotatable bonds is 4. The molecule has 94 valence electrons. The summed E-state index contributed by atoms with van der Waals surface area (Å²) in [6.45, 7) is 0.601. The van der Waals surface area contributed by atoms with Gasteiger partial charge in [0.05, 0.1) is 0 Å². The standard InChI is InChI=1S/C11H13F3N2O/c1-16-6-2-3-8-7-9(4-5-10(8)15)17-11(12,13)14/h2-5,7,16H,6,15H2,1H3. The van der Waals surface area contributed by atoms with E-state index in [0.717, 1.165) is 0 Å². The predicted octanol–water partition coefficient (Wildman–Crippen LogP) is 2.40. The fraction of sp³-hybridized carbons (Fsp3) is 0.273. The number of nitrogen functional groups attached to an aromatic ring is 1. The van der Waals surface area contributed by atoms with E-state index in [4.69, 9.17) is 5.73 Å². The molecular weight excluding hydrogens is 233 g/mol. The Morgan fingerprint density at radius 3 is 2.71 bits per heavy atom. The maximum absolute atomic E-state index is 12.0. The van der Waals surface area contributed by atoms with Gasteiger partial charge >= 0.3 is 6.36 Å². The number of anilines is 1. The van der Waals surface area contributed by atoms with Crippen LogP contribution in [0.3, 0.4) is 0 Å². The highest BCUT2D eigenvalue weighted by Crippen LogP contribution is 2.26. The van der Waals surface area contributed by atoms with E-state index in [1.807, 2.05) is 0 Å². The molecule has 0 aliphatic heterocycles. The SMILES string of the molecule is CNCC=Cc1cc(OC(F)(F)F)ccc1N. The first-order valence-electron chi connectivity index (χ1n) is 4.89. The van der Waals surface area contributed by atoms with E-state index in [1.54, 1.807) is 19.2 Å². The Kier molecular flexibility index (Phi) is 4.39. The molecule has 1 aromatic rings. The molecule has 0 atom stereocenters. The quantitative estimate of drug-likeness (QED) is 0.802. The Morgan fingerprint density at radius 2 is 2.12 bits per heavy atom. The van der Waals surface area contributed by atoms with Gasteiger partial charge in [-0.1, -0.05) is 12.2 Å². The van der Waals surface area contributed by atoms with Gasteiger partial charge in [0.15, 0.2) is 0 Å². The molecular formula is C11H13F3N2O. The molecule has 0 aliphatic rings. The minimum atomic E-state index is -4.69. The third kappa shape index (κ3) is 4.78. The van der Waals surface area contributed by atoms with E-state index < -0.39 is 6.36 Å². The lowest BCUT2D eigenvalue weighted by atomic mass is 10.1. The van der Waals surface area contributed by atoms with Crippen LogP contribution in [0.25, 0.3) is 6.08 Å². The highest BCUT2D eigenvalue weighted by Gasteiger charge is 2.31. The summed E-state index contributed by atoms with van der Waals surface area (Å²) in [6.07, 6.45) is -1.31. The van der Waals surface area contributed by atoms with Crippen molar-refractivity contribution in [1.82, 2.24) is 5.32 Å². The molecule has 0 saturated heterocycles. The minimum Gasteiger partial charge on any atom is -0.406 e. The Labute approximate surface area is 97.1 Å². The molecule has 3 nitrogen and oxygen atoms in total. The van der Waals surface area contributed by atoms with Crippen LogP contribution in [0.1, 0.15) is 5.56 Å². The highest BCUT2D eigenvalue weighted by atomic mass is 19.4. The van der Waals surface area contributed by atoms with E-state index in [0.29, 0.717) is 17.8 Å². The lowest BCUT2D eigenvalue weighted by Gasteiger charge is -2.10. The van der Waals surface area contributed by atoms with E-state index in [2.05, 4.69) is 10.1 Å². The first kappa shape index (κ1) is 13.4. The van der Waals surface area contributed by atoms with E-state index >= 15 is 0 Å². The van der Waals surface area contributed by atoms with Crippen molar-refractivity contribution in [3.63, 3.8) is 0 Å². The summed E-state index contributed by atoms with van der Waals surface area (Å²) in [6, 6.07) is 3.80. The number of benzene rings is 1. The zero-order valence-corrected chi connectivity index (χ0v) is 9.21. The second-order valence-electron chi connectivity index (χ2n) is 3.30. The largest absolute Gasteiger partial charge is 0.573 e. The van der Waals surface area contributed by atoms with Crippen LogP contribution < -0.4 is 15.8 Å². The first-order chi connectivity index (χ1) is 7.92. The number of halogens is 3. The average molecular weight is 246 g/mol. The smallest absolute Gasteiger partial charge is 0.406 e. The Bertz CT molecular complexity index is 402. The predicted molar refractivity (Wildman–Crippen MR) is 60.5 cm³/mol. The van der Waals surface area contributed by atoms with Gasteiger partial charge in [-0.3, -0.25) is 0 Å². The van der Waals surface area contributed by atoms with Crippen molar-refractivity contribution in [2.45, 2.75) is 6.36 Å². The van der Waals surface area contributed by atoms with Gasteiger partial charge in [-0.25, -0.2) is 0 Å². The van der Waals surface area contributed by atoms with Crippen molar-refractivity contribution in [2.24, 2.45) is 0 Å². The van der Waals surface area contributed by atoms with Gasteiger partial charge in [0.1, 0.15) is 5.75 Å². The molecule has 0 aliphatic carbocycles. The summed E-state index contributed by atoms with van der Waals surface area (Å²) in [5.74, 6) is -0.282. The molecule has 0 fully saturated rings. The van der Waals surface area contributed by atoms with Crippen molar-refractivity contribution in [3.05, 3.63) is 29.8 Å². The summed E-state index contributed by atoms with van der Waals surface area (Å²) in [5.41, 5.74) is 6.51. The molecule has 0 aromatic heterocycles. The molecule has 1 aromatic carbocycles. The van der Waals surface area contributed by atoms with Gasteiger partial charge in [0.25, 0.3) is 0 Å². The molecule has 6 heteroatoms. The maximum Gasteiger partial charge on any atom is 0.573 e. The zero-order valence-electron chi connectivity index (χ0n) is 9.21. The van der Waals surface area contributed by atoms with Crippen molar-refractivity contribution < 1.29 is 17.9 Å². The maximum atomic E-state index is 12.0. The van der Waals surface area contributed by atoms with Gasteiger partial charge < -0.3 is 15.8 Å². The van der Waals surface area contributed by atoms with Crippen LogP contribution in [0, 0.1) is 0 Å². The average Bonchev–Trinajstić information content (AvgIpc) is 2.21. The zero-order chi connectivity index (χ0) is 12.9. The van der Waals surface area contributed by atoms with Crippen molar-refractivity contribution in [1.29, 1.82) is 0 Å². The third-order valence-electron chi connectivity index (χ3n) is 1.91. The molecule has 3 N–H and O–H groups in total. The van der Waals surface area contributed by atoms with Crippen LogP contribution >= 0.6 is 0 Å². The van der Waals surface area contributed by atoms with Crippen LogP contribution in [0.2, 0.25) is 0 Å². The molecule has 1 rings (SSSR count). The van der Waals surface area contributed by atoms with Gasteiger partial charge in [0, 0.05) is 17.8 Å². The number of nitrogens with one attached hydrogen (secondary N) is 1. The molecule has 17 heavy (non-hydrogen) atoms. The first-order valence-corrected chi connectivity index (χ1v) is 4.89. The molecule has 0 amide bonds. The Balaban J connectivity index is 2.86. The number of likely N-dealkylation sites (N-methyl/N-ethyl adjacent to an activating group) is 1. The second kappa shape index (κ2) is 5.58. The monoisotopic (exact) mass is 246 g/mol. The van der Waals surface area contributed by atoms with E-state index in [-0.39, 0.29) is 5.75 Å². The summed E-state index contributed by atoms with van der Waals surface area (Å²) in [7, 11) is 1.76. The summed E-state index contributed by atoms with van der Waals surface area (Å²) >= 11 is 0. The lowest BCUT2D eigenvalue weighted by molar-refractivity contribution is -0.274. The molecule has 0 unspecified atom stereocenters. The van der Waals surface area contributed by atoms with Crippen LogP contribution in [-0.2, 0) is 0 Å². The van der Waals surface area contributed by atoms with E-state index in [1.165, 1.54) is 18.2 Å². The van der Waals surface area contributed by atoms with Crippen LogP contribution in [0.5, 0.6) is 5.75 Å². The topological polar surface area (TPSA) is 47.3 Å². The second-order valence-corrected chi connectivity index (χ2v) is 3.30. The number of hydrogen-bond donors (Lipinski definition) is 2. The molecule has 0 saturated carbocycles. The third-order valence-corrected chi connectivity index (χ3v) is 1.91. The highest BCUT2D eigenvalue weighted by molar-refractivity contribution is 5.66. The summed E-state index contributed by atoms with van der Waals surface area (Å²) in [5, 5.41) is 2.87. The normalized spacial score (nSPS) is 12.0. The van der Waals surface area contributed by atoms with Crippen LogP contribution in [0.15, 0.2) is 24.3 Å². The van der Waals surface area contributed by atoms with Gasteiger partial charge in [0.2, 0.25) is 0 Å². The van der Waals surface area contributed by atoms with Crippen molar-refractivity contribution in [2.75, 3.05) is 19.3 Å². The van der Waals surface area contributed by atoms with Gasteiger partial charge in [-0.2, -0.15) is 0 Å². The molecule has 0 bridgehead atoms. The summed E-state index contributed by atoms with van der Waals surface area (Å²) < 4.78 is 39.8. The number of alkyl halides is 3. The van der Waals surface area contributed by atoms with Gasteiger partial charge in [-0.15, -0.1) is 13.2 Å². The van der Waals surface area contributed by atoms with Crippen molar-refractivity contribution >= 4 is 11.8 Å². The molecule has 0 heterocycles. The molecule has 0 radical (unpaired) electrons. The van der Waals surface area contributed by atoms with Crippen molar-refractivity contribution in [3.8, 4) is 5.75 Å².